The van der Waals surface area contributed by atoms with Crippen LogP contribution in [0.4, 0.5) is 18.3 Å². The van der Waals surface area contributed by atoms with Crippen molar-refractivity contribution in [3.63, 3.8) is 0 Å². The predicted molar refractivity (Wildman–Crippen MR) is 68.4 cm³/mol. The molecule has 112 valence electrons. The molecule has 9 heteroatoms. The first kappa shape index (κ1) is 15.0. The number of carbonyl (C=O) groups excluding carboxylic acids is 1. The molecule has 0 spiro atoms. The summed E-state index contributed by atoms with van der Waals surface area (Å²) in [6.45, 7) is 0.949. The summed E-state index contributed by atoms with van der Waals surface area (Å²) in [5.41, 5.74) is 0. The van der Waals surface area contributed by atoms with Crippen molar-refractivity contribution in [2.45, 2.75) is 31.9 Å². The summed E-state index contributed by atoms with van der Waals surface area (Å²) < 4.78 is 36.8. The predicted octanol–water partition coefficient (Wildman–Crippen LogP) is 2.28. The second-order valence-electron chi connectivity index (χ2n) is 4.61. The lowest BCUT2D eigenvalue weighted by Gasteiger charge is -2.23. The van der Waals surface area contributed by atoms with Crippen molar-refractivity contribution >= 4 is 22.4 Å². The number of carbonyl (C=O) groups is 1. The normalized spacial score (nSPS) is 15.8. The molecular formula is C11H15F3N4OS. The summed E-state index contributed by atoms with van der Waals surface area (Å²) in [6.07, 6.45) is -0.809. The SMILES string of the molecule is O=C(NCCCNc1nnc(C(F)(F)F)s1)C1CCC1. The number of anilines is 1. The Morgan fingerprint density at radius 1 is 1.30 bits per heavy atom. The van der Waals surface area contributed by atoms with Gasteiger partial charge in [-0.1, -0.05) is 17.8 Å². The molecule has 0 aliphatic heterocycles. The number of nitrogens with one attached hydrogen (secondary N) is 2. The van der Waals surface area contributed by atoms with Gasteiger partial charge >= 0.3 is 6.18 Å². The van der Waals surface area contributed by atoms with E-state index in [1.807, 2.05) is 0 Å². The third kappa shape index (κ3) is 4.06. The number of aromatic nitrogens is 2. The Morgan fingerprint density at radius 3 is 2.60 bits per heavy atom. The minimum absolute atomic E-state index is 0.0755. The van der Waals surface area contributed by atoms with E-state index in [9.17, 15) is 18.0 Å². The summed E-state index contributed by atoms with van der Waals surface area (Å²) in [4.78, 5) is 11.5. The molecule has 2 N–H and O–H groups in total. The van der Waals surface area contributed by atoms with Crippen LogP contribution in [0.15, 0.2) is 0 Å². The first-order chi connectivity index (χ1) is 9.47. The van der Waals surface area contributed by atoms with Gasteiger partial charge in [-0.25, -0.2) is 0 Å². The fourth-order valence-electron chi connectivity index (χ4n) is 1.72. The summed E-state index contributed by atoms with van der Waals surface area (Å²) >= 11 is 0.476. The lowest BCUT2D eigenvalue weighted by molar-refractivity contribution is -0.138. The maximum absolute atomic E-state index is 12.3. The zero-order chi connectivity index (χ0) is 14.6. The standard InChI is InChI=1S/C11H15F3N4OS/c12-11(13,14)9-17-18-10(20-9)16-6-2-5-15-8(19)7-3-1-4-7/h7H,1-6H2,(H,15,19)(H,16,18). The highest BCUT2D eigenvalue weighted by Gasteiger charge is 2.35. The number of alkyl halides is 3. The van der Waals surface area contributed by atoms with Crippen LogP contribution in [0, 0.1) is 5.92 Å². The summed E-state index contributed by atoms with van der Waals surface area (Å²) in [5, 5.41) is 11.2. The van der Waals surface area contributed by atoms with E-state index in [1.165, 1.54) is 0 Å². The molecule has 0 atom stereocenters. The van der Waals surface area contributed by atoms with E-state index >= 15 is 0 Å². The van der Waals surface area contributed by atoms with Crippen molar-refractivity contribution < 1.29 is 18.0 Å². The number of hydrogen-bond acceptors (Lipinski definition) is 5. The molecule has 5 nitrogen and oxygen atoms in total. The van der Waals surface area contributed by atoms with Crippen molar-refractivity contribution in [2.75, 3.05) is 18.4 Å². The molecule has 1 aromatic heterocycles. The molecular weight excluding hydrogens is 293 g/mol. The molecule has 1 saturated carbocycles. The Kier molecular flexibility index (Phi) is 4.79. The van der Waals surface area contributed by atoms with Gasteiger partial charge in [0.1, 0.15) is 0 Å². The van der Waals surface area contributed by atoms with Crippen LogP contribution in [0.5, 0.6) is 0 Å². The molecule has 1 amide bonds. The van der Waals surface area contributed by atoms with Crippen molar-refractivity contribution in [2.24, 2.45) is 5.92 Å². The van der Waals surface area contributed by atoms with Crippen LogP contribution in [-0.4, -0.2) is 29.2 Å². The highest BCUT2D eigenvalue weighted by molar-refractivity contribution is 7.15. The summed E-state index contributed by atoms with van der Waals surface area (Å²) in [5.74, 6) is 0.229. The van der Waals surface area contributed by atoms with Crippen molar-refractivity contribution in [3.05, 3.63) is 5.01 Å². The first-order valence-corrected chi connectivity index (χ1v) is 7.21. The fourth-order valence-corrected chi connectivity index (χ4v) is 2.36. The Balaban J connectivity index is 1.61. The molecule has 0 unspecified atom stereocenters. The van der Waals surface area contributed by atoms with Gasteiger partial charge in [0, 0.05) is 19.0 Å². The van der Waals surface area contributed by atoms with E-state index in [0.29, 0.717) is 30.8 Å². The number of hydrogen-bond donors (Lipinski definition) is 2. The molecule has 0 saturated heterocycles. The van der Waals surface area contributed by atoms with Crippen molar-refractivity contribution in [3.8, 4) is 0 Å². The number of rotatable bonds is 6. The third-order valence-corrected chi connectivity index (χ3v) is 4.00. The third-order valence-electron chi connectivity index (χ3n) is 3.07. The Morgan fingerprint density at radius 2 is 2.05 bits per heavy atom. The van der Waals surface area contributed by atoms with Crippen LogP contribution in [0.1, 0.15) is 30.7 Å². The first-order valence-electron chi connectivity index (χ1n) is 6.39. The van der Waals surface area contributed by atoms with Gasteiger partial charge in [0.25, 0.3) is 0 Å². The van der Waals surface area contributed by atoms with Gasteiger partial charge in [0.15, 0.2) is 0 Å². The maximum Gasteiger partial charge on any atom is 0.445 e. The topological polar surface area (TPSA) is 66.9 Å². The van der Waals surface area contributed by atoms with Crippen molar-refractivity contribution in [1.82, 2.24) is 15.5 Å². The average Bonchev–Trinajstić information content (AvgIpc) is 2.74. The molecule has 20 heavy (non-hydrogen) atoms. The number of amides is 1. The van der Waals surface area contributed by atoms with E-state index in [0.717, 1.165) is 19.3 Å². The highest BCUT2D eigenvalue weighted by Crippen LogP contribution is 2.32. The monoisotopic (exact) mass is 308 g/mol. The second-order valence-corrected chi connectivity index (χ2v) is 5.59. The van der Waals surface area contributed by atoms with Gasteiger partial charge < -0.3 is 10.6 Å². The van der Waals surface area contributed by atoms with E-state index in [1.54, 1.807) is 0 Å². The maximum atomic E-state index is 12.3. The molecule has 1 heterocycles. The Labute approximate surface area is 118 Å². The van der Waals surface area contributed by atoms with Gasteiger partial charge in [-0.15, -0.1) is 10.2 Å². The highest BCUT2D eigenvalue weighted by atomic mass is 32.1. The smallest absolute Gasteiger partial charge is 0.360 e. The fraction of sp³-hybridized carbons (Fsp3) is 0.727. The van der Waals surface area contributed by atoms with Gasteiger partial charge in [-0.3, -0.25) is 4.79 Å². The quantitative estimate of drug-likeness (QED) is 0.791. The van der Waals surface area contributed by atoms with Crippen LogP contribution in [0.25, 0.3) is 0 Å². The molecule has 0 radical (unpaired) electrons. The van der Waals surface area contributed by atoms with Crippen LogP contribution >= 0.6 is 11.3 Å². The van der Waals surface area contributed by atoms with E-state index in [2.05, 4.69) is 20.8 Å². The summed E-state index contributed by atoms with van der Waals surface area (Å²) in [6, 6.07) is 0. The zero-order valence-electron chi connectivity index (χ0n) is 10.7. The van der Waals surface area contributed by atoms with Gasteiger partial charge in [0.2, 0.25) is 16.0 Å². The molecule has 1 aliphatic rings. The van der Waals surface area contributed by atoms with Gasteiger partial charge in [-0.2, -0.15) is 13.2 Å². The van der Waals surface area contributed by atoms with Gasteiger partial charge in [-0.05, 0) is 19.3 Å². The lowest BCUT2D eigenvalue weighted by Crippen LogP contribution is -2.35. The Bertz CT molecular complexity index is 459. The molecule has 0 bridgehead atoms. The van der Waals surface area contributed by atoms with Crippen LogP contribution in [0.2, 0.25) is 0 Å². The number of nitrogens with zero attached hydrogens (tertiary/aromatic N) is 2. The molecule has 2 rings (SSSR count). The molecule has 1 aliphatic carbocycles. The number of halogens is 3. The van der Waals surface area contributed by atoms with Gasteiger partial charge in [0.05, 0.1) is 0 Å². The van der Waals surface area contributed by atoms with E-state index < -0.39 is 11.2 Å². The molecule has 1 aromatic rings. The minimum Gasteiger partial charge on any atom is -0.360 e. The zero-order valence-corrected chi connectivity index (χ0v) is 11.5. The lowest BCUT2D eigenvalue weighted by atomic mass is 9.85. The van der Waals surface area contributed by atoms with Crippen LogP contribution in [-0.2, 0) is 11.0 Å². The van der Waals surface area contributed by atoms with E-state index in [4.69, 9.17) is 0 Å². The minimum atomic E-state index is -4.45. The average molecular weight is 308 g/mol. The summed E-state index contributed by atoms with van der Waals surface area (Å²) in [7, 11) is 0. The van der Waals surface area contributed by atoms with Crippen molar-refractivity contribution in [1.29, 1.82) is 0 Å². The molecule has 1 fully saturated rings. The molecule has 0 aromatic carbocycles. The largest absolute Gasteiger partial charge is 0.445 e. The van der Waals surface area contributed by atoms with Crippen LogP contribution in [0.3, 0.4) is 0 Å². The second kappa shape index (κ2) is 6.38. The van der Waals surface area contributed by atoms with E-state index in [-0.39, 0.29) is 17.0 Å². The van der Waals surface area contributed by atoms with Crippen LogP contribution < -0.4 is 10.6 Å². The Hall–Kier alpha value is -1.38.